The Morgan fingerprint density at radius 3 is 2.90 bits per heavy atom. The molecule has 4 heteroatoms. The Kier molecular flexibility index (Phi) is 4.10. The van der Waals surface area contributed by atoms with Crippen molar-refractivity contribution >= 4 is 33.0 Å². The lowest BCUT2D eigenvalue weighted by atomic mass is 10.00. The van der Waals surface area contributed by atoms with E-state index in [1.165, 1.54) is 15.6 Å². The Labute approximate surface area is 127 Å². The molecule has 1 unspecified atom stereocenters. The second kappa shape index (κ2) is 6.00. The maximum Gasteiger partial charge on any atom is 0.198 e. The van der Waals surface area contributed by atoms with E-state index in [-0.39, 0.29) is 6.04 Å². The van der Waals surface area contributed by atoms with Gasteiger partial charge in [0.2, 0.25) is 0 Å². The fourth-order valence-electron chi connectivity index (χ4n) is 2.43. The maximum atomic E-state index is 6.19. The molecule has 3 rings (SSSR count). The van der Waals surface area contributed by atoms with Crippen molar-refractivity contribution in [1.29, 1.82) is 0 Å². The van der Waals surface area contributed by atoms with Crippen molar-refractivity contribution in [1.82, 2.24) is 5.32 Å². The Hall–Kier alpha value is -1.29. The summed E-state index contributed by atoms with van der Waals surface area (Å²) in [6.45, 7) is 3.10. The number of thiophene rings is 1. The SMILES string of the molecule is CCCNC(c1ccoc1Cl)c1cccc2ccsc12. The van der Waals surface area contributed by atoms with E-state index in [9.17, 15) is 0 Å². The molecule has 2 nitrogen and oxygen atoms in total. The molecule has 0 aliphatic heterocycles. The molecule has 2 aromatic heterocycles. The van der Waals surface area contributed by atoms with Gasteiger partial charge < -0.3 is 9.73 Å². The van der Waals surface area contributed by atoms with Gasteiger partial charge in [-0.15, -0.1) is 11.3 Å². The van der Waals surface area contributed by atoms with Crippen LogP contribution < -0.4 is 5.32 Å². The minimum Gasteiger partial charge on any atom is -0.453 e. The molecule has 0 fully saturated rings. The average molecular weight is 306 g/mol. The highest BCUT2D eigenvalue weighted by molar-refractivity contribution is 7.17. The molecule has 20 heavy (non-hydrogen) atoms. The van der Waals surface area contributed by atoms with Gasteiger partial charge in [0.15, 0.2) is 5.22 Å². The molecular weight excluding hydrogens is 290 g/mol. The minimum atomic E-state index is 0.0727. The number of benzene rings is 1. The molecule has 0 saturated heterocycles. The second-order valence-electron chi connectivity index (χ2n) is 4.72. The topological polar surface area (TPSA) is 25.2 Å². The smallest absolute Gasteiger partial charge is 0.198 e. The molecule has 0 aliphatic carbocycles. The van der Waals surface area contributed by atoms with Crippen LogP contribution >= 0.6 is 22.9 Å². The zero-order valence-corrected chi connectivity index (χ0v) is 12.8. The Morgan fingerprint density at radius 2 is 2.15 bits per heavy atom. The second-order valence-corrected chi connectivity index (χ2v) is 5.98. The molecule has 1 atom stereocenters. The zero-order chi connectivity index (χ0) is 13.9. The summed E-state index contributed by atoms with van der Waals surface area (Å²) in [5.41, 5.74) is 2.26. The van der Waals surface area contributed by atoms with Gasteiger partial charge in [-0.05, 0) is 53.0 Å². The lowest BCUT2D eigenvalue weighted by Gasteiger charge is -2.19. The lowest BCUT2D eigenvalue weighted by Crippen LogP contribution is -2.23. The van der Waals surface area contributed by atoms with Crippen molar-refractivity contribution < 1.29 is 4.42 Å². The standard InChI is InChI=1S/C16H16ClNOS/c1-2-8-18-14(13-6-9-19-16(13)17)12-5-3-4-11-7-10-20-15(11)12/h3-7,9-10,14,18H,2,8H2,1H3. The number of hydrogen-bond donors (Lipinski definition) is 1. The van der Waals surface area contributed by atoms with Crippen molar-refractivity contribution in [3.63, 3.8) is 0 Å². The molecule has 0 saturated carbocycles. The lowest BCUT2D eigenvalue weighted by molar-refractivity contribution is 0.551. The van der Waals surface area contributed by atoms with Crippen LogP contribution in [0.1, 0.15) is 30.5 Å². The first-order valence-corrected chi connectivity index (χ1v) is 7.99. The van der Waals surface area contributed by atoms with Gasteiger partial charge in [0.05, 0.1) is 12.3 Å². The largest absolute Gasteiger partial charge is 0.453 e. The predicted molar refractivity (Wildman–Crippen MR) is 85.7 cm³/mol. The maximum absolute atomic E-state index is 6.19. The summed E-state index contributed by atoms with van der Waals surface area (Å²) in [5.74, 6) is 0. The van der Waals surface area contributed by atoms with Gasteiger partial charge in [-0.2, -0.15) is 0 Å². The number of hydrogen-bond acceptors (Lipinski definition) is 3. The minimum absolute atomic E-state index is 0.0727. The molecule has 1 aromatic carbocycles. The van der Waals surface area contributed by atoms with E-state index in [4.69, 9.17) is 16.0 Å². The zero-order valence-electron chi connectivity index (χ0n) is 11.2. The molecule has 0 aliphatic rings. The number of rotatable bonds is 5. The van der Waals surface area contributed by atoms with Crippen LogP contribution in [0.25, 0.3) is 10.1 Å². The van der Waals surface area contributed by atoms with Crippen LogP contribution in [0.15, 0.2) is 46.4 Å². The van der Waals surface area contributed by atoms with Crippen LogP contribution in [0.5, 0.6) is 0 Å². The van der Waals surface area contributed by atoms with Crippen LogP contribution in [0.3, 0.4) is 0 Å². The fraction of sp³-hybridized carbons (Fsp3) is 0.250. The first-order chi connectivity index (χ1) is 9.81. The van der Waals surface area contributed by atoms with E-state index >= 15 is 0 Å². The third-order valence-corrected chi connectivity index (χ3v) is 4.66. The number of furan rings is 1. The van der Waals surface area contributed by atoms with Crippen LogP contribution in [0, 0.1) is 0 Å². The Balaban J connectivity index is 2.09. The van der Waals surface area contributed by atoms with Crippen molar-refractivity contribution in [3.8, 4) is 0 Å². The van der Waals surface area contributed by atoms with E-state index in [1.807, 2.05) is 6.07 Å². The van der Waals surface area contributed by atoms with Gasteiger partial charge in [-0.25, -0.2) is 0 Å². The molecule has 0 spiro atoms. The summed E-state index contributed by atoms with van der Waals surface area (Å²) < 4.78 is 6.57. The van der Waals surface area contributed by atoms with E-state index < -0.39 is 0 Å². The van der Waals surface area contributed by atoms with Crippen LogP contribution in [-0.2, 0) is 0 Å². The van der Waals surface area contributed by atoms with Crippen LogP contribution in [0.2, 0.25) is 5.22 Å². The van der Waals surface area contributed by atoms with E-state index in [2.05, 4.69) is 41.9 Å². The normalized spacial score (nSPS) is 12.9. The summed E-state index contributed by atoms with van der Waals surface area (Å²) in [6, 6.07) is 10.6. The van der Waals surface area contributed by atoms with Gasteiger partial charge >= 0.3 is 0 Å². The molecule has 3 aromatic rings. The molecule has 1 N–H and O–H groups in total. The van der Waals surface area contributed by atoms with E-state index in [1.54, 1.807) is 17.6 Å². The van der Waals surface area contributed by atoms with E-state index in [0.29, 0.717) is 5.22 Å². The monoisotopic (exact) mass is 305 g/mol. The molecule has 0 radical (unpaired) electrons. The summed E-state index contributed by atoms with van der Waals surface area (Å²) in [7, 11) is 0. The van der Waals surface area contributed by atoms with Crippen molar-refractivity contribution in [2.45, 2.75) is 19.4 Å². The van der Waals surface area contributed by atoms with E-state index in [0.717, 1.165) is 18.5 Å². The number of nitrogens with one attached hydrogen (secondary N) is 1. The molecule has 104 valence electrons. The average Bonchev–Trinajstić information content (AvgIpc) is 3.09. The highest BCUT2D eigenvalue weighted by atomic mass is 35.5. The Morgan fingerprint density at radius 1 is 1.25 bits per heavy atom. The summed E-state index contributed by atoms with van der Waals surface area (Å²) in [6.07, 6.45) is 2.72. The molecule has 0 amide bonds. The molecular formula is C16H16ClNOS. The fourth-order valence-corrected chi connectivity index (χ4v) is 3.60. The predicted octanol–water partition coefficient (Wildman–Crippen LogP) is 5.24. The van der Waals surface area contributed by atoms with Crippen molar-refractivity contribution in [3.05, 3.63) is 58.3 Å². The van der Waals surface area contributed by atoms with Gasteiger partial charge in [0.1, 0.15) is 0 Å². The summed E-state index contributed by atoms with van der Waals surface area (Å²) >= 11 is 7.95. The van der Waals surface area contributed by atoms with Crippen LogP contribution in [0.4, 0.5) is 0 Å². The van der Waals surface area contributed by atoms with Crippen LogP contribution in [-0.4, -0.2) is 6.54 Å². The highest BCUT2D eigenvalue weighted by Gasteiger charge is 2.20. The highest BCUT2D eigenvalue weighted by Crippen LogP contribution is 2.35. The third-order valence-electron chi connectivity index (χ3n) is 3.38. The third kappa shape index (κ3) is 2.49. The number of fused-ring (bicyclic) bond motifs is 1. The summed E-state index contributed by atoms with van der Waals surface area (Å²) in [5, 5.41) is 7.44. The van der Waals surface area contributed by atoms with Crippen molar-refractivity contribution in [2.24, 2.45) is 0 Å². The van der Waals surface area contributed by atoms with Gasteiger partial charge in [-0.1, -0.05) is 25.1 Å². The van der Waals surface area contributed by atoms with Gasteiger partial charge in [0.25, 0.3) is 0 Å². The molecule has 0 bridgehead atoms. The van der Waals surface area contributed by atoms with Gasteiger partial charge in [-0.3, -0.25) is 0 Å². The first-order valence-electron chi connectivity index (χ1n) is 6.73. The quantitative estimate of drug-likeness (QED) is 0.697. The number of halogens is 1. The summed E-state index contributed by atoms with van der Waals surface area (Å²) in [4.78, 5) is 0. The first kappa shape index (κ1) is 13.7. The van der Waals surface area contributed by atoms with Gasteiger partial charge in [0, 0.05) is 10.3 Å². The van der Waals surface area contributed by atoms with Crippen molar-refractivity contribution in [2.75, 3.05) is 6.54 Å². The molecule has 2 heterocycles. The Bertz CT molecular complexity index is 703.